The first-order valence-corrected chi connectivity index (χ1v) is 28.3. The molecule has 7 aromatic carbocycles. The molecule has 0 saturated heterocycles. The maximum absolute atomic E-state index is 14.5. The fourth-order valence-electron chi connectivity index (χ4n) is 9.64. The number of carboxylic acids is 1. The van der Waals surface area contributed by atoms with Crippen LogP contribution >= 0.6 is 0 Å². The summed E-state index contributed by atoms with van der Waals surface area (Å²) in [6, 6.07) is 32.9. The van der Waals surface area contributed by atoms with Gasteiger partial charge in [0.15, 0.2) is 16.7 Å². The Morgan fingerprint density at radius 1 is 0.474 bits per heavy atom. The van der Waals surface area contributed by atoms with E-state index in [9.17, 15) is 36.7 Å². The van der Waals surface area contributed by atoms with E-state index >= 15 is 0 Å². The van der Waals surface area contributed by atoms with Gasteiger partial charge in [0.05, 0.1) is 100 Å². The van der Waals surface area contributed by atoms with Crippen LogP contribution in [0.5, 0.6) is 0 Å². The third-order valence-electron chi connectivity index (χ3n) is 14.5. The summed E-state index contributed by atoms with van der Waals surface area (Å²) < 4.78 is 93.4. The van der Waals surface area contributed by atoms with Gasteiger partial charge in [-0.25, -0.2) is 51.9 Å². The number of nitrogens with two attached hydrogens (primary N) is 1. The zero-order chi connectivity index (χ0) is 67.4. The molecule has 486 valence electrons. The highest BCUT2D eigenvalue weighted by Gasteiger charge is 2.23. The largest absolute Gasteiger partial charge is 0.478 e. The summed E-state index contributed by atoms with van der Waals surface area (Å²) in [7, 11) is 9.18. The molecular weight excluding hydrogens is 1250 g/mol. The first-order chi connectivity index (χ1) is 45.7. The quantitative estimate of drug-likeness (QED) is 0.0285. The fourth-order valence-corrected chi connectivity index (χ4v) is 9.64. The molecular formula is C63H54F4N16O12. The van der Waals surface area contributed by atoms with Crippen molar-refractivity contribution in [3.8, 4) is 0 Å². The van der Waals surface area contributed by atoms with E-state index in [-0.39, 0.29) is 67.0 Å². The summed E-state index contributed by atoms with van der Waals surface area (Å²) in [6.07, 6.45) is 0. The molecule has 0 bridgehead atoms. The number of imidazole rings is 4. The van der Waals surface area contributed by atoms with Crippen molar-refractivity contribution in [2.45, 2.75) is 0 Å². The average Bonchev–Trinajstić information content (AvgIpc) is 1.67. The molecule has 0 radical (unpaired) electrons. The van der Waals surface area contributed by atoms with Gasteiger partial charge in [-0.05, 0) is 60.7 Å². The molecule has 0 aliphatic rings. The standard InChI is InChI=1S/C20H20FN5O4.C17H13FN4O3.C16H11FN4O3.C10H10FN3O2/c1-26-16-11-13(21)12(18(28)22-6-8-29-9-7-27)10-15(16)23-19(26)25-20-24-14-4-2-3-5-17(14)30-20;1-22-13-8-10(18)9(15(23)24-2)7-12(13)19-16(22)21-17-20-11-5-3-4-6-14(11)25-17;1-21-12-7-9(17)8(14(22)23)6-11(12)18-15(21)20-16-19-10-4-2-3-5-13(10)24-16;1-14-8-4-6(11)5(9(15)16-2)3-7(8)13-10(14)12/h2-5,10-11,27H,6-9H2,1H3,(H,22,28)(H,23,24,25);3-8H,1-2H3,(H,19,20,21);2-7H,1H3,(H,22,23)(H,18,19,20);3-4H,1-2H3,(H2,12,13). The van der Waals surface area contributed by atoms with Gasteiger partial charge in [-0.15, -0.1) is 0 Å². The van der Waals surface area contributed by atoms with Crippen molar-refractivity contribution in [3.05, 3.63) is 167 Å². The van der Waals surface area contributed by atoms with E-state index in [4.69, 9.17) is 33.9 Å². The smallest absolute Gasteiger partial charge is 0.340 e. The molecule has 0 saturated carbocycles. The van der Waals surface area contributed by atoms with Crippen LogP contribution in [0, 0.1) is 23.3 Å². The van der Waals surface area contributed by atoms with Crippen LogP contribution in [0.4, 0.5) is 59.4 Å². The number of aromatic nitrogens is 11. The summed E-state index contributed by atoms with van der Waals surface area (Å²) in [5, 5.41) is 29.1. The Bertz CT molecular complexity index is 5170. The van der Waals surface area contributed by atoms with Crippen LogP contribution in [-0.2, 0) is 42.4 Å². The number of aryl methyl sites for hydroxylation is 4. The molecule has 0 aliphatic heterocycles. The molecule has 0 atom stereocenters. The molecule has 28 nitrogen and oxygen atoms in total. The van der Waals surface area contributed by atoms with Gasteiger partial charge in [-0.2, -0.15) is 15.0 Å². The van der Waals surface area contributed by atoms with Gasteiger partial charge in [-0.1, -0.05) is 36.4 Å². The summed E-state index contributed by atoms with van der Waals surface area (Å²) in [5.41, 5.74) is 12.4. The third kappa shape index (κ3) is 13.5. The van der Waals surface area contributed by atoms with Crippen molar-refractivity contribution in [1.82, 2.24) is 58.5 Å². The molecule has 32 heteroatoms. The Hall–Kier alpha value is -12.5. The monoisotopic (exact) mass is 1300 g/mol. The van der Waals surface area contributed by atoms with Crippen LogP contribution in [0.15, 0.2) is 135 Å². The van der Waals surface area contributed by atoms with Gasteiger partial charge in [-0.3, -0.25) is 20.7 Å². The van der Waals surface area contributed by atoms with Gasteiger partial charge in [0.1, 0.15) is 39.8 Å². The molecule has 14 aromatic rings. The topological polar surface area (TPSA) is 360 Å². The van der Waals surface area contributed by atoms with Crippen LogP contribution in [-0.4, -0.2) is 128 Å². The summed E-state index contributed by atoms with van der Waals surface area (Å²) >= 11 is 0. The predicted octanol–water partition coefficient (Wildman–Crippen LogP) is 10.1. The first-order valence-electron chi connectivity index (χ1n) is 28.3. The number of halogens is 4. The molecule has 0 aliphatic carbocycles. The number of hydrogen-bond donors (Lipinski definition) is 7. The number of oxazole rings is 3. The zero-order valence-electron chi connectivity index (χ0n) is 50.9. The summed E-state index contributed by atoms with van der Waals surface area (Å²) in [6.45, 7) is 0.500. The number of nitrogens with zero attached hydrogens (tertiary/aromatic N) is 11. The van der Waals surface area contributed by atoms with Crippen LogP contribution in [0.3, 0.4) is 0 Å². The Morgan fingerprint density at radius 3 is 1.20 bits per heavy atom. The third-order valence-corrected chi connectivity index (χ3v) is 14.5. The molecule has 0 fully saturated rings. The van der Waals surface area contributed by atoms with E-state index < -0.39 is 52.6 Å². The average molecular weight is 1300 g/mol. The number of aliphatic hydroxyl groups is 1. The van der Waals surface area contributed by atoms with E-state index in [1.54, 1.807) is 64.7 Å². The van der Waals surface area contributed by atoms with Gasteiger partial charge >= 0.3 is 36.0 Å². The van der Waals surface area contributed by atoms with Crippen LogP contribution < -0.4 is 27.0 Å². The lowest BCUT2D eigenvalue weighted by Gasteiger charge is -2.07. The number of aromatic carboxylic acids is 1. The van der Waals surface area contributed by atoms with Crippen molar-refractivity contribution < 1.29 is 74.4 Å². The number of nitrogens with one attached hydrogen (secondary N) is 4. The van der Waals surface area contributed by atoms with E-state index in [1.165, 1.54) is 56.7 Å². The Kier molecular flexibility index (Phi) is 18.3. The normalized spacial score (nSPS) is 11.1. The number of rotatable bonds is 15. The molecule has 7 aromatic heterocycles. The molecule has 7 heterocycles. The second-order valence-electron chi connectivity index (χ2n) is 20.5. The number of benzene rings is 7. The number of nitrogen functional groups attached to an aromatic ring is 1. The van der Waals surface area contributed by atoms with E-state index in [2.05, 4.69) is 65.6 Å². The number of para-hydroxylation sites is 6. The number of carbonyl (C=O) groups excluding carboxylic acids is 3. The highest BCUT2D eigenvalue weighted by Crippen LogP contribution is 2.31. The van der Waals surface area contributed by atoms with Crippen LogP contribution in [0.25, 0.3) is 77.4 Å². The maximum atomic E-state index is 14.5. The minimum absolute atomic E-state index is 0.0984. The number of hydrogen-bond acceptors (Lipinski definition) is 22. The summed E-state index contributed by atoms with van der Waals surface area (Å²) in [4.78, 5) is 76.2. The first kappa shape index (κ1) is 64.1. The number of carboxylic acid groups (broad SMARTS) is 1. The maximum Gasteiger partial charge on any atom is 0.340 e. The molecule has 0 spiro atoms. The second-order valence-corrected chi connectivity index (χ2v) is 20.5. The number of carbonyl (C=O) groups is 4. The number of methoxy groups -OCH3 is 2. The molecule has 95 heavy (non-hydrogen) atoms. The molecule has 14 rings (SSSR count). The van der Waals surface area contributed by atoms with Gasteiger partial charge in [0, 0.05) is 59.0 Å². The molecule has 8 N–H and O–H groups in total. The molecule has 0 unspecified atom stereocenters. The highest BCUT2D eigenvalue weighted by atomic mass is 19.1. The SMILES string of the molecule is COC(=O)c1cc2nc(N)n(C)c2cc1F.COC(=O)c1cc2nc(Nc3nc4ccccc4o3)n(C)c2cc1F.Cn1c(Nc2nc3ccccc3o2)nc2cc(C(=O)NCCOCCO)c(F)cc21.Cn1c(Nc2nc3ccccc3o2)nc2cc(C(=O)O)c(F)cc21. The van der Waals surface area contributed by atoms with Crippen LogP contribution in [0.2, 0.25) is 0 Å². The lowest BCUT2D eigenvalue weighted by molar-refractivity contribution is 0.0586. The summed E-state index contributed by atoms with van der Waals surface area (Å²) in [5.74, 6) is -4.77. The van der Waals surface area contributed by atoms with Gasteiger partial charge in [0.25, 0.3) is 5.91 Å². The molecule has 1 amide bonds. The van der Waals surface area contributed by atoms with Gasteiger partial charge < -0.3 is 67.0 Å². The number of amides is 1. The van der Waals surface area contributed by atoms with Gasteiger partial charge in [0.2, 0.25) is 23.8 Å². The van der Waals surface area contributed by atoms with Crippen molar-refractivity contribution in [2.75, 3.05) is 62.3 Å². The Balaban J connectivity index is 0.000000132. The predicted molar refractivity (Wildman–Crippen MR) is 339 cm³/mol. The number of ether oxygens (including phenoxy) is 3. The fraction of sp³-hybridized carbons (Fsp3) is 0.159. The zero-order valence-corrected chi connectivity index (χ0v) is 50.9. The van der Waals surface area contributed by atoms with Crippen molar-refractivity contribution in [3.63, 3.8) is 0 Å². The Labute approximate surface area is 531 Å². The number of esters is 2. The van der Waals surface area contributed by atoms with E-state index in [0.29, 0.717) is 95.3 Å². The number of aliphatic hydroxyl groups excluding tert-OH is 1. The van der Waals surface area contributed by atoms with Crippen molar-refractivity contribution in [2.24, 2.45) is 28.2 Å². The van der Waals surface area contributed by atoms with E-state index in [0.717, 1.165) is 6.07 Å². The van der Waals surface area contributed by atoms with Crippen LogP contribution in [0.1, 0.15) is 41.4 Å². The minimum Gasteiger partial charge on any atom is -0.478 e. The minimum atomic E-state index is -1.34. The highest BCUT2D eigenvalue weighted by molar-refractivity contribution is 5.99. The Morgan fingerprint density at radius 2 is 0.821 bits per heavy atom. The van der Waals surface area contributed by atoms with E-state index in [1.807, 2.05) is 54.6 Å². The lowest BCUT2D eigenvalue weighted by atomic mass is 10.1. The number of fused-ring (bicyclic) bond motifs is 7. The van der Waals surface area contributed by atoms with Crippen molar-refractivity contribution in [1.29, 1.82) is 0 Å². The van der Waals surface area contributed by atoms with Crippen molar-refractivity contribution >= 4 is 143 Å². The number of anilines is 7. The second kappa shape index (κ2) is 27.2. The lowest BCUT2D eigenvalue weighted by Crippen LogP contribution is -2.28.